The van der Waals surface area contributed by atoms with Crippen molar-refractivity contribution < 1.29 is 33.9 Å². The number of rotatable bonds is 49. The van der Waals surface area contributed by atoms with Gasteiger partial charge in [-0.15, -0.1) is 0 Å². The molecule has 0 spiro atoms. The van der Waals surface area contributed by atoms with E-state index in [1.165, 1.54) is 193 Å². The van der Waals surface area contributed by atoms with Gasteiger partial charge in [0.2, 0.25) is 5.69 Å². The van der Waals surface area contributed by atoms with Gasteiger partial charge in [-0.25, -0.2) is 4.85 Å². The highest BCUT2D eigenvalue weighted by atomic mass is 16.5. The van der Waals surface area contributed by atoms with Gasteiger partial charge in [0.25, 0.3) is 0 Å². The average molecular weight is 1090 g/mol. The van der Waals surface area contributed by atoms with E-state index in [0.717, 1.165) is 29.5 Å². The van der Waals surface area contributed by atoms with Gasteiger partial charge < -0.3 is 33.9 Å². The molecule has 4 rings (SSSR count). The molecular formula is C71H111NO7. The summed E-state index contributed by atoms with van der Waals surface area (Å²) in [6, 6.07) is 36.0. The first-order chi connectivity index (χ1) is 38.9. The minimum Gasteiger partial charge on any atom is -0.502 e. The molecule has 4 aromatic carbocycles. The molecular weight excluding hydrogens is 979 g/mol. The lowest BCUT2D eigenvalue weighted by atomic mass is 9.80. The third-order valence-electron chi connectivity index (χ3n) is 14.9. The van der Waals surface area contributed by atoms with Crippen molar-refractivity contribution in [3.8, 4) is 11.5 Å². The highest BCUT2D eigenvalue weighted by Gasteiger charge is 2.38. The molecule has 0 aliphatic heterocycles. The summed E-state index contributed by atoms with van der Waals surface area (Å²) >= 11 is 0. The highest BCUT2D eigenvalue weighted by molar-refractivity contribution is 5.60. The zero-order valence-corrected chi connectivity index (χ0v) is 50.4. The summed E-state index contributed by atoms with van der Waals surface area (Å²) < 4.78 is 29.9. The fourth-order valence-electron chi connectivity index (χ4n) is 10.3. The van der Waals surface area contributed by atoms with Crippen LogP contribution >= 0.6 is 0 Å². The lowest BCUT2D eigenvalue weighted by Crippen LogP contribution is -2.36. The third-order valence-corrected chi connectivity index (χ3v) is 14.9. The van der Waals surface area contributed by atoms with Crippen LogP contribution in [0.2, 0.25) is 0 Å². The van der Waals surface area contributed by atoms with E-state index in [1.54, 1.807) is 18.2 Å². The first-order valence-electron chi connectivity index (χ1n) is 32.0. The van der Waals surface area contributed by atoms with Crippen LogP contribution in [0.3, 0.4) is 0 Å². The fraction of sp³-hybridized carbons (Fsp3) is 0.648. The first kappa shape index (κ1) is 69.0. The maximum absolute atomic E-state index is 10.8. The Morgan fingerprint density at radius 2 is 0.797 bits per heavy atom. The van der Waals surface area contributed by atoms with Crippen molar-refractivity contribution >= 4 is 5.69 Å². The number of hydrogen-bond donors (Lipinski definition) is 2. The van der Waals surface area contributed by atoms with E-state index >= 15 is 0 Å². The molecule has 442 valence electrons. The fourth-order valence-corrected chi connectivity index (χ4v) is 10.3. The van der Waals surface area contributed by atoms with Gasteiger partial charge in [0, 0.05) is 19.3 Å². The molecule has 4 aromatic rings. The Kier molecular flexibility index (Phi) is 41.4. The molecule has 2 N–H and O–H groups in total. The van der Waals surface area contributed by atoms with Gasteiger partial charge in [0.15, 0.2) is 0 Å². The van der Waals surface area contributed by atoms with E-state index < -0.39 is 17.8 Å². The van der Waals surface area contributed by atoms with Crippen molar-refractivity contribution in [1.29, 1.82) is 0 Å². The molecule has 0 aliphatic rings. The Hall–Kier alpha value is -4.23. The van der Waals surface area contributed by atoms with Crippen molar-refractivity contribution in [2.24, 2.45) is 0 Å². The largest absolute Gasteiger partial charge is 0.502 e. The number of aliphatic hydroxyl groups is 2. The van der Waals surface area contributed by atoms with Crippen molar-refractivity contribution in [3.05, 3.63) is 137 Å². The Morgan fingerprint density at radius 3 is 1.14 bits per heavy atom. The van der Waals surface area contributed by atoms with Crippen LogP contribution in [-0.2, 0) is 19.8 Å². The van der Waals surface area contributed by atoms with Crippen LogP contribution in [0.4, 0.5) is 5.69 Å². The highest BCUT2D eigenvalue weighted by Crippen LogP contribution is 2.40. The number of nitrogens with zero attached hydrogens (tertiary/aromatic N) is 1. The van der Waals surface area contributed by atoms with Crippen molar-refractivity contribution in [2.45, 2.75) is 257 Å². The average Bonchev–Trinajstić information content (AvgIpc) is 3.50. The number of unbranched alkanes of at least 4 members (excludes halogenated alkanes) is 30. The van der Waals surface area contributed by atoms with Gasteiger partial charge in [-0.1, -0.05) is 297 Å². The second-order valence-electron chi connectivity index (χ2n) is 22.3. The number of aliphatic hydroxyl groups excluding tert-OH is 2. The van der Waals surface area contributed by atoms with E-state index in [-0.39, 0.29) is 25.9 Å². The first-order valence-corrected chi connectivity index (χ1v) is 32.0. The standard InChI is InChI=1S/C40H58O3.C31H53NO4/c1-2-3-4-5-6-7-8-9-10-11-12-13-14-15-16-26-33-42-34-39(41)35-43-40(36-27-20-17-21-28-36,37-29-22-18-23-30-37)38-31-24-19-25-32-38;1-5-6-7-8-9-10-11-12-13-14-15-16-17-18-19-20-23-34-26-29(25-33)36-28-21-22-30(32-4)31(24-28)35-27(2)3/h17-25,27-32,39,41H,2-16,26,33-35H2,1H3;21-22,24,27,29,33H,5-20,23,25-26H2,1-3H3/t39-;29-/m10/s1. The summed E-state index contributed by atoms with van der Waals surface area (Å²) in [6.45, 7) is 17.8. The molecule has 0 aliphatic carbocycles. The number of hydrogen-bond acceptors (Lipinski definition) is 7. The quantitative estimate of drug-likeness (QED) is 0.0259. The van der Waals surface area contributed by atoms with Gasteiger partial charge in [0.1, 0.15) is 29.3 Å². The monoisotopic (exact) mass is 1090 g/mol. The molecule has 8 nitrogen and oxygen atoms in total. The number of benzene rings is 4. The van der Waals surface area contributed by atoms with Gasteiger partial charge in [-0.05, 0) is 55.5 Å². The zero-order chi connectivity index (χ0) is 56.5. The van der Waals surface area contributed by atoms with Crippen LogP contribution in [0.15, 0.2) is 109 Å². The summed E-state index contributed by atoms with van der Waals surface area (Å²) in [4.78, 5) is 3.49. The zero-order valence-electron chi connectivity index (χ0n) is 50.4. The van der Waals surface area contributed by atoms with E-state index in [2.05, 4.69) is 55.1 Å². The summed E-state index contributed by atoms with van der Waals surface area (Å²) in [7, 11) is 0. The van der Waals surface area contributed by atoms with E-state index in [0.29, 0.717) is 37.0 Å². The lowest BCUT2D eigenvalue weighted by Gasteiger charge is -2.36. The molecule has 0 radical (unpaired) electrons. The molecule has 8 heteroatoms. The molecule has 2 atom stereocenters. The van der Waals surface area contributed by atoms with Crippen molar-refractivity contribution in [2.75, 3.05) is 39.6 Å². The molecule has 0 bridgehead atoms. The molecule has 0 aromatic heterocycles. The molecule has 0 heterocycles. The van der Waals surface area contributed by atoms with Crippen molar-refractivity contribution in [1.82, 2.24) is 0 Å². The Morgan fingerprint density at radius 1 is 0.443 bits per heavy atom. The van der Waals surface area contributed by atoms with Gasteiger partial charge in [-0.2, -0.15) is 0 Å². The summed E-state index contributed by atoms with van der Waals surface area (Å²) in [5, 5.41) is 20.5. The smallest absolute Gasteiger partial charge is 0.228 e. The van der Waals surface area contributed by atoms with Gasteiger partial charge >= 0.3 is 0 Å². The van der Waals surface area contributed by atoms with Crippen LogP contribution in [0, 0.1) is 6.57 Å². The number of ether oxygens (including phenoxy) is 5. The van der Waals surface area contributed by atoms with Crippen LogP contribution in [0.1, 0.15) is 250 Å². The molecule has 0 fully saturated rings. The van der Waals surface area contributed by atoms with E-state index in [1.807, 2.05) is 68.4 Å². The predicted molar refractivity (Wildman–Crippen MR) is 332 cm³/mol. The predicted octanol–water partition coefficient (Wildman–Crippen LogP) is 19.7. The Balaban J connectivity index is 0.000000423. The summed E-state index contributed by atoms with van der Waals surface area (Å²) in [5.74, 6) is 1.08. The molecule has 0 saturated carbocycles. The molecule has 0 saturated heterocycles. The maximum Gasteiger partial charge on any atom is 0.228 e. The second-order valence-corrected chi connectivity index (χ2v) is 22.3. The minimum atomic E-state index is -0.821. The van der Waals surface area contributed by atoms with E-state index in [9.17, 15) is 10.2 Å². The normalized spacial score (nSPS) is 12.2. The van der Waals surface area contributed by atoms with Gasteiger partial charge in [0.05, 0.1) is 39.1 Å². The second kappa shape index (κ2) is 47.4. The Bertz CT molecular complexity index is 1910. The van der Waals surface area contributed by atoms with Crippen LogP contribution in [-0.4, -0.2) is 68.2 Å². The van der Waals surface area contributed by atoms with E-state index in [4.69, 9.17) is 30.3 Å². The molecule has 0 unspecified atom stereocenters. The van der Waals surface area contributed by atoms with Crippen LogP contribution < -0.4 is 9.47 Å². The molecule has 79 heavy (non-hydrogen) atoms. The maximum atomic E-state index is 10.8. The van der Waals surface area contributed by atoms with Crippen LogP contribution in [0.5, 0.6) is 11.5 Å². The minimum absolute atomic E-state index is 0.0302. The summed E-state index contributed by atoms with van der Waals surface area (Å²) in [5.41, 5.74) is 2.74. The molecule has 0 amide bonds. The topological polar surface area (TPSA) is 91.0 Å². The third kappa shape index (κ3) is 32.1. The lowest BCUT2D eigenvalue weighted by molar-refractivity contribution is -0.0641. The van der Waals surface area contributed by atoms with Gasteiger partial charge in [-0.3, -0.25) is 0 Å². The van der Waals surface area contributed by atoms with Crippen LogP contribution in [0.25, 0.3) is 4.85 Å². The SMILES string of the molecule is CCCCCCCCCCCCCCCCCCOC[C@@H](O)COC(c1ccccc1)(c1ccccc1)c1ccccc1.[C-]#[N+]c1ccc(O[C@@H](CO)COCCCCCCCCCCCCCCCCCC)cc1OC(C)C. The van der Waals surface area contributed by atoms with Crippen molar-refractivity contribution in [3.63, 3.8) is 0 Å². The Labute approximate surface area is 483 Å². The summed E-state index contributed by atoms with van der Waals surface area (Å²) in [6.07, 6.45) is 42.3.